The fourth-order valence-corrected chi connectivity index (χ4v) is 2.08. The van der Waals surface area contributed by atoms with Gasteiger partial charge in [-0.25, -0.2) is 4.79 Å². The molecule has 0 aliphatic rings. The van der Waals surface area contributed by atoms with Gasteiger partial charge in [-0.2, -0.15) is 5.10 Å². The maximum absolute atomic E-state index is 11.1. The molecule has 0 unspecified atom stereocenters. The highest BCUT2D eigenvalue weighted by molar-refractivity contribution is 6.32. The average Bonchev–Trinajstić information content (AvgIpc) is 2.77. The van der Waals surface area contributed by atoms with Crippen molar-refractivity contribution >= 4 is 17.6 Å². The molecule has 1 N–H and O–H groups in total. The first-order valence-corrected chi connectivity index (χ1v) is 6.57. The van der Waals surface area contributed by atoms with E-state index in [0.717, 1.165) is 17.8 Å². The molecule has 0 radical (unpaired) electrons. The number of benzene rings is 1. The highest BCUT2D eigenvalue weighted by Gasteiger charge is 2.15. The van der Waals surface area contributed by atoms with Crippen molar-refractivity contribution in [2.45, 2.75) is 20.0 Å². The van der Waals surface area contributed by atoms with Crippen LogP contribution in [0.15, 0.2) is 24.3 Å². The lowest BCUT2D eigenvalue weighted by atomic mass is 10.2. The SMILES string of the molecule is CCc1cc(COc2c(Cl)cccc2C(=O)O)n(C)n1. The number of aryl methyl sites for hydroxylation is 2. The van der Waals surface area contributed by atoms with E-state index >= 15 is 0 Å². The molecule has 0 spiro atoms. The summed E-state index contributed by atoms with van der Waals surface area (Å²) < 4.78 is 7.30. The molecule has 0 aliphatic heterocycles. The maximum atomic E-state index is 11.1. The molecule has 0 atom stereocenters. The fraction of sp³-hybridized carbons (Fsp3) is 0.286. The van der Waals surface area contributed by atoms with Crippen LogP contribution < -0.4 is 4.74 Å². The second-order valence-corrected chi connectivity index (χ2v) is 4.72. The number of rotatable bonds is 5. The molecule has 6 heteroatoms. The van der Waals surface area contributed by atoms with Gasteiger partial charge in [0.1, 0.15) is 12.2 Å². The maximum Gasteiger partial charge on any atom is 0.339 e. The molecule has 106 valence electrons. The van der Waals surface area contributed by atoms with Gasteiger partial charge in [-0.05, 0) is 24.6 Å². The van der Waals surface area contributed by atoms with E-state index in [1.807, 2.05) is 20.0 Å². The lowest BCUT2D eigenvalue weighted by molar-refractivity contribution is 0.0691. The van der Waals surface area contributed by atoms with Gasteiger partial charge in [0.25, 0.3) is 0 Å². The van der Waals surface area contributed by atoms with Crippen LogP contribution in [-0.4, -0.2) is 20.9 Å². The Bertz CT molecular complexity index is 637. The summed E-state index contributed by atoms with van der Waals surface area (Å²) in [7, 11) is 1.82. The molecular formula is C14H15ClN2O3. The summed E-state index contributed by atoms with van der Waals surface area (Å²) >= 11 is 6.00. The largest absolute Gasteiger partial charge is 0.485 e. The van der Waals surface area contributed by atoms with Crippen molar-refractivity contribution in [3.8, 4) is 5.75 Å². The number of para-hydroxylation sites is 1. The monoisotopic (exact) mass is 294 g/mol. The van der Waals surface area contributed by atoms with Gasteiger partial charge in [-0.1, -0.05) is 24.6 Å². The minimum atomic E-state index is -1.07. The number of carboxylic acid groups (broad SMARTS) is 1. The molecule has 0 aliphatic carbocycles. The van der Waals surface area contributed by atoms with Crippen molar-refractivity contribution in [2.75, 3.05) is 0 Å². The van der Waals surface area contributed by atoms with E-state index in [1.54, 1.807) is 16.8 Å². The summed E-state index contributed by atoms with van der Waals surface area (Å²) in [6, 6.07) is 6.57. The van der Waals surface area contributed by atoms with Crippen molar-refractivity contribution in [3.63, 3.8) is 0 Å². The first kappa shape index (κ1) is 14.4. The van der Waals surface area contributed by atoms with Crippen LogP contribution in [0.1, 0.15) is 28.7 Å². The van der Waals surface area contributed by atoms with Crippen LogP contribution in [0.3, 0.4) is 0 Å². The number of ether oxygens (including phenoxy) is 1. The Kier molecular flexibility index (Phi) is 4.29. The van der Waals surface area contributed by atoms with E-state index in [4.69, 9.17) is 21.4 Å². The van der Waals surface area contributed by atoms with Gasteiger partial charge in [0.05, 0.1) is 16.4 Å². The Balaban J connectivity index is 2.22. The van der Waals surface area contributed by atoms with Crippen molar-refractivity contribution in [1.82, 2.24) is 9.78 Å². The minimum absolute atomic E-state index is 0.0513. The lowest BCUT2D eigenvalue weighted by Crippen LogP contribution is -2.07. The van der Waals surface area contributed by atoms with E-state index < -0.39 is 5.97 Å². The van der Waals surface area contributed by atoms with Gasteiger partial charge in [0.2, 0.25) is 0 Å². The third kappa shape index (κ3) is 2.93. The second-order valence-electron chi connectivity index (χ2n) is 4.31. The lowest BCUT2D eigenvalue weighted by Gasteiger charge is -2.10. The fourth-order valence-electron chi connectivity index (χ4n) is 1.85. The number of hydrogen-bond donors (Lipinski definition) is 1. The Morgan fingerprint density at radius 2 is 2.25 bits per heavy atom. The Hall–Kier alpha value is -2.01. The van der Waals surface area contributed by atoms with Crippen LogP contribution in [0.5, 0.6) is 5.75 Å². The third-order valence-electron chi connectivity index (χ3n) is 2.95. The minimum Gasteiger partial charge on any atom is -0.485 e. The van der Waals surface area contributed by atoms with Crippen molar-refractivity contribution < 1.29 is 14.6 Å². The molecule has 2 rings (SSSR count). The zero-order chi connectivity index (χ0) is 14.7. The van der Waals surface area contributed by atoms with E-state index in [9.17, 15) is 4.79 Å². The van der Waals surface area contributed by atoms with Gasteiger partial charge in [0.15, 0.2) is 5.75 Å². The normalized spacial score (nSPS) is 10.6. The zero-order valence-corrected chi connectivity index (χ0v) is 12.0. The number of carboxylic acids is 1. The van der Waals surface area contributed by atoms with Crippen LogP contribution in [0.25, 0.3) is 0 Å². The molecule has 1 aromatic heterocycles. The zero-order valence-electron chi connectivity index (χ0n) is 11.3. The quantitative estimate of drug-likeness (QED) is 0.921. The van der Waals surface area contributed by atoms with Crippen LogP contribution in [0.2, 0.25) is 5.02 Å². The summed E-state index contributed by atoms with van der Waals surface area (Å²) in [4.78, 5) is 11.1. The van der Waals surface area contributed by atoms with E-state index in [-0.39, 0.29) is 22.9 Å². The molecule has 2 aromatic rings. The van der Waals surface area contributed by atoms with Crippen LogP contribution in [-0.2, 0) is 20.1 Å². The number of aromatic nitrogens is 2. The van der Waals surface area contributed by atoms with Gasteiger partial charge in [-0.15, -0.1) is 0 Å². The van der Waals surface area contributed by atoms with Crippen molar-refractivity contribution in [1.29, 1.82) is 0 Å². The van der Waals surface area contributed by atoms with Crippen LogP contribution in [0.4, 0.5) is 0 Å². The number of nitrogens with zero attached hydrogens (tertiary/aromatic N) is 2. The molecule has 1 heterocycles. The predicted molar refractivity (Wildman–Crippen MR) is 75.3 cm³/mol. The number of aromatic carboxylic acids is 1. The Morgan fingerprint density at radius 3 is 2.85 bits per heavy atom. The topological polar surface area (TPSA) is 64.3 Å². The van der Waals surface area contributed by atoms with Crippen LogP contribution in [0, 0.1) is 0 Å². The number of hydrogen-bond acceptors (Lipinski definition) is 3. The summed E-state index contributed by atoms with van der Waals surface area (Å²) in [5.41, 5.74) is 1.87. The van der Waals surface area contributed by atoms with Crippen molar-refractivity contribution in [3.05, 3.63) is 46.2 Å². The van der Waals surface area contributed by atoms with Gasteiger partial charge < -0.3 is 9.84 Å². The molecule has 0 amide bonds. The first-order valence-electron chi connectivity index (χ1n) is 6.19. The summed E-state index contributed by atoms with van der Waals surface area (Å²) in [6.07, 6.45) is 0.834. The number of halogens is 1. The number of carbonyl (C=O) groups is 1. The highest BCUT2D eigenvalue weighted by Crippen LogP contribution is 2.29. The highest BCUT2D eigenvalue weighted by atomic mass is 35.5. The Labute approximate surface area is 121 Å². The molecule has 0 saturated heterocycles. The molecule has 0 fully saturated rings. The van der Waals surface area contributed by atoms with E-state index in [2.05, 4.69) is 5.10 Å². The summed E-state index contributed by atoms with van der Waals surface area (Å²) in [5.74, 6) is -0.886. The van der Waals surface area contributed by atoms with E-state index in [1.165, 1.54) is 6.07 Å². The average molecular weight is 295 g/mol. The first-order chi connectivity index (χ1) is 9.52. The molecule has 0 bridgehead atoms. The molecule has 1 aromatic carbocycles. The van der Waals surface area contributed by atoms with Gasteiger partial charge in [-0.3, -0.25) is 4.68 Å². The van der Waals surface area contributed by atoms with Gasteiger partial charge >= 0.3 is 5.97 Å². The Morgan fingerprint density at radius 1 is 1.50 bits per heavy atom. The molecule has 0 saturated carbocycles. The molecule has 5 nitrogen and oxygen atoms in total. The summed E-state index contributed by atoms with van der Waals surface area (Å²) in [5, 5.41) is 13.7. The van der Waals surface area contributed by atoms with E-state index in [0.29, 0.717) is 0 Å². The molecular weight excluding hydrogens is 280 g/mol. The van der Waals surface area contributed by atoms with Crippen molar-refractivity contribution in [2.24, 2.45) is 7.05 Å². The second kappa shape index (κ2) is 5.96. The molecule has 20 heavy (non-hydrogen) atoms. The predicted octanol–water partition coefficient (Wildman–Crippen LogP) is 2.91. The van der Waals surface area contributed by atoms with Gasteiger partial charge in [0, 0.05) is 7.05 Å². The van der Waals surface area contributed by atoms with Crippen LogP contribution >= 0.6 is 11.6 Å². The smallest absolute Gasteiger partial charge is 0.339 e. The standard InChI is InChI=1S/C14H15ClN2O3/c1-3-9-7-10(17(2)16-9)8-20-13-11(14(18)19)5-4-6-12(13)15/h4-7H,3,8H2,1-2H3,(H,18,19). The third-order valence-corrected chi connectivity index (χ3v) is 3.25. The summed E-state index contributed by atoms with van der Waals surface area (Å²) in [6.45, 7) is 2.23.